The molecule has 0 aliphatic heterocycles. The zero-order valence-corrected chi connectivity index (χ0v) is 16.8. The van der Waals surface area contributed by atoms with Gasteiger partial charge in [0, 0.05) is 0 Å². The van der Waals surface area contributed by atoms with Crippen LogP contribution >= 0.6 is 11.6 Å². The summed E-state index contributed by atoms with van der Waals surface area (Å²) in [6, 6.07) is 18.9. The molecule has 5 nitrogen and oxygen atoms in total. The number of sulfonamides is 1. The number of carbonyl (C=O) groups is 1. The van der Waals surface area contributed by atoms with E-state index < -0.39 is 27.8 Å². The monoisotopic (exact) mass is 432 g/mol. The molecule has 29 heavy (non-hydrogen) atoms. The van der Waals surface area contributed by atoms with Crippen LogP contribution in [0.1, 0.15) is 5.56 Å². The Morgan fingerprint density at radius 2 is 1.55 bits per heavy atom. The first-order chi connectivity index (χ1) is 13.8. The molecule has 1 atom stereocenters. The second kappa shape index (κ2) is 9.17. The summed E-state index contributed by atoms with van der Waals surface area (Å²) in [4.78, 5) is 12.7. The summed E-state index contributed by atoms with van der Waals surface area (Å²) in [6.07, 6.45) is 0.123. The molecule has 3 aromatic rings. The van der Waals surface area contributed by atoms with E-state index in [9.17, 15) is 17.6 Å². The molecule has 0 aliphatic carbocycles. The van der Waals surface area contributed by atoms with Crippen LogP contribution in [0.3, 0.4) is 0 Å². The van der Waals surface area contributed by atoms with Crippen molar-refractivity contribution in [2.24, 2.45) is 0 Å². The second-order valence-corrected chi connectivity index (χ2v) is 8.41. The molecule has 0 saturated carbocycles. The van der Waals surface area contributed by atoms with E-state index in [1.807, 2.05) is 6.07 Å². The van der Waals surface area contributed by atoms with Crippen LogP contribution in [0.5, 0.6) is 0 Å². The van der Waals surface area contributed by atoms with E-state index in [1.165, 1.54) is 0 Å². The number of hydrogen-bond acceptors (Lipinski definition) is 3. The first kappa shape index (κ1) is 21.0. The Kier molecular flexibility index (Phi) is 6.64. The van der Waals surface area contributed by atoms with Crippen molar-refractivity contribution in [3.05, 3.63) is 95.3 Å². The third-order valence-corrected chi connectivity index (χ3v) is 5.97. The first-order valence-electron chi connectivity index (χ1n) is 8.72. The van der Waals surface area contributed by atoms with Crippen molar-refractivity contribution in [3.63, 3.8) is 0 Å². The van der Waals surface area contributed by atoms with Crippen LogP contribution in [0.15, 0.2) is 83.8 Å². The van der Waals surface area contributed by atoms with Gasteiger partial charge in [0.1, 0.15) is 11.9 Å². The summed E-state index contributed by atoms with van der Waals surface area (Å²) >= 11 is 6.09. The van der Waals surface area contributed by atoms with Gasteiger partial charge in [-0.05, 0) is 48.4 Å². The van der Waals surface area contributed by atoms with Crippen LogP contribution in [0.2, 0.25) is 5.02 Å². The largest absolute Gasteiger partial charge is 0.323 e. The molecule has 3 aromatic carbocycles. The van der Waals surface area contributed by atoms with Gasteiger partial charge in [-0.1, -0.05) is 54.1 Å². The standard InChI is InChI=1S/C21H18ClFN2O3S/c22-18-8-4-5-9-19(18)24-21(26)20(14-15-6-2-1-3-7-15)25-29(27,28)17-12-10-16(23)11-13-17/h1-13,20,25H,14H2,(H,24,26)/t20-/m0/s1. The molecule has 8 heteroatoms. The van der Waals surface area contributed by atoms with Crippen LogP contribution < -0.4 is 10.0 Å². The SMILES string of the molecule is O=C(Nc1ccccc1Cl)[C@H](Cc1ccccc1)NS(=O)(=O)c1ccc(F)cc1. The van der Waals surface area contributed by atoms with Gasteiger partial charge in [0.05, 0.1) is 15.6 Å². The summed E-state index contributed by atoms with van der Waals surface area (Å²) in [6.45, 7) is 0. The molecule has 0 heterocycles. The highest BCUT2D eigenvalue weighted by Crippen LogP contribution is 2.21. The summed E-state index contributed by atoms with van der Waals surface area (Å²) < 4.78 is 41.0. The van der Waals surface area contributed by atoms with Gasteiger partial charge < -0.3 is 5.32 Å². The summed E-state index contributed by atoms with van der Waals surface area (Å²) in [5.74, 6) is -1.12. The van der Waals surface area contributed by atoms with E-state index in [4.69, 9.17) is 11.6 Å². The zero-order valence-electron chi connectivity index (χ0n) is 15.2. The molecule has 2 N–H and O–H groups in total. The van der Waals surface area contributed by atoms with Gasteiger partial charge in [-0.25, -0.2) is 12.8 Å². The normalized spacial score (nSPS) is 12.3. The molecule has 0 aromatic heterocycles. The molecular weight excluding hydrogens is 415 g/mol. The maximum Gasteiger partial charge on any atom is 0.242 e. The molecule has 3 rings (SSSR count). The number of rotatable bonds is 7. The van der Waals surface area contributed by atoms with Gasteiger partial charge in [0.2, 0.25) is 15.9 Å². The molecule has 0 spiro atoms. The number of para-hydroxylation sites is 1. The second-order valence-electron chi connectivity index (χ2n) is 6.29. The van der Waals surface area contributed by atoms with Crippen molar-refractivity contribution < 1.29 is 17.6 Å². The molecule has 0 saturated heterocycles. The van der Waals surface area contributed by atoms with Gasteiger partial charge in [-0.15, -0.1) is 0 Å². The molecule has 150 valence electrons. The number of carbonyl (C=O) groups excluding carboxylic acids is 1. The van der Waals surface area contributed by atoms with Gasteiger partial charge in [-0.2, -0.15) is 4.72 Å². The van der Waals surface area contributed by atoms with Crippen molar-refractivity contribution in [2.75, 3.05) is 5.32 Å². The highest BCUT2D eigenvalue weighted by molar-refractivity contribution is 7.89. The van der Waals surface area contributed by atoms with E-state index in [-0.39, 0.29) is 11.3 Å². The van der Waals surface area contributed by atoms with Crippen LogP contribution in [0.4, 0.5) is 10.1 Å². The van der Waals surface area contributed by atoms with Gasteiger partial charge in [0.25, 0.3) is 0 Å². The molecule has 0 unspecified atom stereocenters. The Morgan fingerprint density at radius 1 is 0.931 bits per heavy atom. The lowest BCUT2D eigenvalue weighted by molar-refractivity contribution is -0.117. The van der Waals surface area contributed by atoms with Crippen molar-refractivity contribution in [3.8, 4) is 0 Å². The average molecular weight is 433 g/mol. The Morgan fingerprint density at radius 3 is 2.21 bits per heavy atom. The lowest BCUT2D eigenvalue weighted by Gasteiger charge is -2.19. The number of amides is 1. The van der Waals surface area contributed by atoms with Crippen LogP contribution in [-0.4, -0.2) is 20.4 Å². The van der Waals surface area contributed by atoms with E-state index >= 15 is 0 Å². The average Bonchev–Trinajstić information content (AvgIpc) is 2.70. The smallest absolute Gasteiger partial charge is 0.242 e. The van der Waals surface area contributed by atoms with Crippen molar-refractivity contribution in [1.29, 1.82) is 0 Å². The number of benzene rings is 3. The third kappa shape index (κ3) is 5.63. The number of nitrogens with one attached hydrogen (secondary N) is 2. The highest BCUT2D eigenvalue weighted by Gasteiger charge is 2.26. The van der Waals surface area contributed by atoms with Crippen LogP contribution in [-0.2, 0) is 21.2 Å². The quantitative estimate of drug-likeness (QED) is 0.592. The molecule has 0 aliphatic rings. The summed E-state index contributed by atoms with van der Waals surface area (Å²) in [5.41, 5.74) is 1.15. The van der Waals surface area contributed by atoms with Gasteiger partial charge in [0.15, 0.2) is 0 Å². The minimum absolute atomic E-state index is 0.123. The lowest BCUT2D eigenvalue weighted by atomic mass is 10.1. The number of halogens is 2. The van der Waals surface area contributed by atoms with E-state index in [1.54, 1.807) is 48.5 Å². The van der Waals surface area contributed by atoms with E-state index in [2.05, 4.69) is 10.0 Å². The van der Waals surface area contributed by atoms with Crippen LogP contribution in [0.25, 0.3) is 0 Å². The minimum atomic E-state index is -4.05. The lowest BCUT2D eigenvalue weighted by Crippen LogP contribution is -2.45. The van der Waals surface area contributed by atoms with Crippen LogP contribution in [0, 0.1) is 5.82 Å². The maximum absolute atomic E-state index is 13.1. The Bertz CT molecular complexity index is 1090. The van der Waals surface area contributed by atoms with Gasteiger partial charge >= 0.3 is 0 Å². The fraction of sp³-hybridized carbons (Fsp3) is 0.0952. The molecule has 0 radical (unpaired) electrons. The molecule has 0 bridgehead atoms. The summed E-state index contributed by atoms with van der Waals surface area (Å²) in [5, 5.41) is 2.99. The number of hydrogen-bond donors (Lipinski definition) is 2. The molecular formula is C21H18ClFN2O3S. The first-order valence-corrected chi connectivity index (χ1v) is 10.6. The highest BCUT2D eigenvalue weighted by atomic mass is 35.5. The fourth-order valence-corrected chi connectivity index (χ4v) is 4.07. The Hall–Kier alpha value is -2.74. The van der Waals surface area contributed by atoms with Crippen molar-refractivity contribution in [1.82, 2.24) is 4.72 Å². The number of anilines is 1. The molecule has 1 amide bonds. The Labute approximate surface area is 173 Å². The van der Waals surface area contributed by atoms with E-state index in [0.717, 1.165) is 29.8 Å². The maximum atomic E-state index is 13.1. The Balaban J connectivity index is 1.87. The third-order valence-electron chi connectivity index (χ3n) is 4.15. The van der Waals surface area contributed by atoms with Crippen molar-refractivity contribution >= 4 is 33.2 Å². The zero-order chi connectivity index (χ0) is 20.9. The van der Waals surface area contributed by atoms with E-state index in [0.29, 0.717) is 10.7 Å². The molecule has 0 fully saturated rings. The topological polar surface area (TPSA) is 75.3 Å². The van der Waals surface area contributed by atoms with Gasteiger partial charge in [-0.3, -0.25) is 4.79 Å². The van der Waals surface area contributed by atoms with Crippen molar-refractivity contribution in [2.45, 2.75) is 17.4 Å². The predicted molar refractivity (Wildman–Crippen MR) is 111 cm³/mol. The predicted octanol–water partition coefficient (Wildman–Crippen LogP) is 4.01. The summed E-state index contributed by atoms with van der Waals surface area (Å²) in [7, 11) is -4.05. The fourth-order valence-electron chi connectivity index (χ4n) is 2.69. The minimum Gasteiger partial charge on any atom is -0.323 e.